The Bertz CT molecular complexity index is 658. The lowest BCUT2D eigenvalue weighted by Gasteiger charge is -2.37. The summed E-state index contributed by atoms with van der Waals surface area (Å²) in [7, 11) is 0. The highest BCUT2D eigenvalue weighted by molar-refractivity contribution is 6.30. The largest absolute Gasteiger partial charge is 0.353 e. The van der Waals surface area contributed by atoms with Crippen LogP contribution in [-0.2, 0) is 9.59 Å². The van der Waals surface area contributed by atoms with Crippen molar-refractivity contribution in [2.24, 2.45) is 17.3 Å². The molecule has 1 saturated carbocycles. The molecule has 1 aromatic carbocycles. The number of hydrogen-bond acceptors (Lipinski definition) is 2. The summed E-state index contributed by atoms with van der Waals surface area (Å²) in [6.07, 6.45) is 4.68. The van der Waals surface area contributed by atoms with Crippen molar-refractivity contribution in [3.63, 3.8) is 0 Å². The van der Waals surface area contributed by atoms with Gasteiger partial charge in [-0.05, 0) is 61.3 Å². The second kappa shape index (κ2) is 7.59. The number of benzene rings is 1. The van der Waals surface area contributed by atoms with E-state index in [1.54, 1.807) is 17.0 Å². The number of hydrogen-bond donors (Lipinski definition) is 1. The lowest BCUT2D eigenvalue weighted by Crippen LogP contribution is -2.42. The van der Waals surface area contributed by atoms with E-state index in [4.69, 9.17) is 11.6 Å². The van der Waals surface area contributed by atoms with E-state index in [9.17, 15) is 9.59 Å². The van der Waals surface area contributed by atoms with E-state index < -0.39 is 0 Å². The Morgan fingerprint density at radius 3 is 2.31 bits per heavy atom. The van der Waals surface area contributed by atoms with Crippen LogP contribution in [0.25, 0.3) is 0 Å². The zero-order chi connectivity index (χ0) is 18.9. The number of anilines is 1. The zero-order valence-corrected chi connectivity index (χ0v) is 16.7. The summed E-state index contributed by atoms with van der Waals surface area (Å²) in [5.41, 5.74) is 1.15. The molecule has 0 radical (unpaired) electrons. The molecule has 5 heteroatoms. The fourth-order valence-electron chi connectivity index (χ4n) is 4.18. The van der Waals surface area contributed by atoms with Crippen molar-refractivity contribution < 1.29 is 9.59 Å². The third-order valence-electron chi connectivity index (χ3n) is 5.93. The molecule has 1 aliphatic heterocycles. The molecular formula is C21H29ClN2O2. The van der Waals surface area contributed by atoms with E-state index in [1.807, 2.05) is 12.1 Å². The van der Waals surface area contributed by atoms with Gasteiger partial charge in [-0.1, -0.05) is 32.4 Å². The molecule has 1 saturated heterocycles. The van der Waals surface area contributed by atoms with Crippen molar-refractivity contribution in [3.8, 4) is 0 Å². The molecule has 2 aliphatic rings. The maximum Gasteiger partial charge on any atom is 0.227 e. The Balaban J connectivity index is 1.53. The molecule has 2 fully saturated rings. The first-order valence-corrected chi connectivity index (χ1v) is 9.98. The van der Waals surface area contributed by atoms with Gasteiger partial charge in [0, 0.05) is 29.7 Å². The lowest BCUT2D eigenvalue weighted by atomic mass is 9.71. The molecule has 3 rings (SSSR count). The number of amides is 2. The van der Waals surface area contributed by atoms with E-state index in [2.05, 4.69) is 26.1 Å². The molecule has 1 aliphatic carbocycles. The molecule has 1 aromatic rings. The number of carbonyl (C=O) groups is 2. The zero-order valence-electron chi connectivity index (χ0n) is 15.9. The van der Waals surface area contributed by atoms with Crippen molar-refractivity contribution in [2.45, 2.75) is 58.9 Å². The molecule has 1 heterocycles. The first kappa shape index (κ1) is 19.2. The topological polar surface area (TPSA) is 49.4 Å². The van der Waals surface area contributed by atoms with E-state index in [1.165, 1.54) is 0 Å². The number of rotatable bonds is 3. The first-order valence-electron chi connectivity index (χ1n) is 9.60. The minimum atomic E-state index is -0.265. The average Bonchev–Trinajstić information content (AvgIpc) is 2.97. The van der Waals surface area contributed by atoms with Crippen LogP contribution < -0.4 is 10.2 Å². The third-order valence-corrected chi connectivity index (χ3v) is 6.18. The maximum atomic E-state index is 12.7. The Hall–Kier alpha value is -1.55. The van der Waals surface area contributed by atoms with Crippen molar-refractivity contribution >= 4 is 29.1 Å². The van der Waals surface area contributed by atoms with E-state index in [0.29, 0.717) is 17.0 Å². The van der Waals surface area contributed by atoms with Gasteiger partial charge in [0.1, 0.15) is 0 Å². The molecule has 1 atom stereocenters. The summed E-state index contributed by atoms with van der Waals surface area (Å²) in [5.74, 6) is 0.487. The molecule has 0 bridgehead atoms. The molecular weight excluding hydrogens is 348 g/mol. The van der Waals surface area contributed by atoms with Crippen LogP contribution >= 0.6 is 11.6 Å². The van der Waals surface area contributed by atoms with Gasteiger partial charge in [0.25, 0.3) is 0 Å². The first-order chi connectivity index (χ1) is 12.2. The average molecular weight is 377 g/mol. The van der Waals surface area contributed by atoms with Gasteiger partial charge in [0.15, 0.2) is 0 Å². The summed E-state index contributed by atoms with van der Waals surface area (Å²) < 4.78 is 0. The van der Waals surface area contributed by atoms with Gasteiger partial charge < -0.3 is 10.2 Å². The van der Waals surface area contributed by atoms with Crippen LogP contribution in [0.15, 0.2) is 24.3 Å². The second-order valence-electron chi connectivity index (χ2n) is 8.80. The van der Waals surface area contributed by atoms with Gasteiger partial charge in [-0.2, -0.15) is 0 Å². The van der Waals surface area contributed by atoms with Crippen LogP contribution in [0.4, 0.5) is 5.69 Å². The Labute approximate surface area is 161 Å². The Morgan fingerprint density at radius 2 is 1.73 bits per heavy atom. The summed E-state index contributed by atoms with van der Waals surface area (Å²) >= 11 is 5.91. The monoisotopic (exact) mass is 376 g/mol. The maximum absolute atomic E-state index is 12.7. The minimum absolute atomic E-state index is 0.00362. The van der Waals surface area contributed by atoms with Gasteiger partial charge in [-0.25, -0.2) is 0 Å². The Morgan fingerprint density at radius 1 is 1.12 bits per heavy atom. The SMILES string of the molecule is CC(C)(C)C1CCC(NC(=O)[C@H]2CC(=O)N(c3ccc(Cl)cc3)C2)CC1. The summed E-state index contributed by atoms with van der Waals surface area (Å²) in [5, 5.41) is 3.83. The van der Waals surface area contributed by atoms with Crippen LogP contribution in [0.5, 0.6) is 0 Å². The van der Waals surface area contributed by atoms with Crippen LogP contribution in [0.1, 0.15) is 52.9 Å². The molecule has 0 aromatic heterocycles. The van der Waals surface area contributed by atoms with E-state index in [0.717, 1.165) is 37.3 Å². The smallest absolute Gasteiger partial charge is 0.227 e. The Kier molecular flexibility index (Phi) is 5.61. The van der Waals surface area contributed by atoms with Crippen molar-refractivity contribution in [1.29, 1.82) is 0 Å². The molecule has 2 amide bonds. The summed E-state index contributed by atoms with van der Waals surface area (Å²) in [6, 6.07) is 7.44. The fraction of sp³-hybridized carbons (Fsp3) is 0.619. The highest BCUT2D eigenvalue weighted by Gasteiger charge is 2.37. The van der Waals surface area contributed by atoms with Crippen molar-refractivity contribution in [3.05, 3.63) is 29.3 Å². The number of carbonyl (C=O) groups excluding carboxylic acids is 2. The number of nitrogens with zero attached hydrogens (tertiary/aromatic N) is 1. The third kappa shape index (κ3) is 4.40. The summed E-state index contributed by atoms with van der Waals surface area (Å²) in [6.45, 7) is 7.34. The second-order valence-corrected chi connectivity index (χ2v) is 9.24. The standard InChI is InChI=1S/C21H29ClN2O2/c1-21(2,3)15-4-8-17(9-5-15)23-20(26)14-12-19(25)24(13-14)18-10-6-16(22)7-11-18/h6-7,10-11,14-15,17H,4-5,8-9,12-13H2,1-3H3,(H,23,26)/t14-,15?,17?/m0/s1. The van der Waals surface area contributed by atoms with Gasteiger partial charge >= 0.3 is 0 Å². The normalized spacial score (nSPS) is 26.8. The highest BCUT2D eigenvalue weighted by atomic mass is 35.5. The van der Waals surface area contributed by atoms with Crippen molar-refractivity contribution in [1.82, 2.24) is 5.32 Å². The minimum Gasteiger partial charge on any atom is -0.353 e. The molecule has 26 heavy (non-hydrogen) atoms. The quantitative estimate of drug-likeness (QED) is 0.849. The summed E-state index contributed by atoms with van der Waals surface area (Å²) in [4.78, 5) is 26.7. The molecule has 142 valence electrons. The van der Waals surface area contributed by atoms with Gasteiger partial charge in [0.2, 0.25) is 11.8 Å². The van der Waals surface area contributed by atoms with Crippen molar-refractivity contribution in [2.75, 3.05) is 11.4 Å². The lowest BCUT2D eigenvalue weighted by molar-refractivity contribution is -0.127. The highest BCUT2D eigenvalue weighted by Crippen LogP contribution is 2.38. The van der Waals surface area contributed by atoms with Crippen LogP contribution in [0.3, 0.4) is 0 Å². The van der Waals surface area contributed by atoms with Gasteiger partial charge in [0.05, 0.1) is 5.92 Å². The molecule has 0 unspecified atom stereocenters. The van der Waals surface area contributed by atoms with Crippen LogP contribution in [0.2, 0.25) is 5.02 Å². The van der Waals surface area contributed by atoms with Crippen LogP contribution in [0, 0.1) is 17.3 Å². The van der Waals surface area contributed by atoms with Crippen LogP contribution in [-0.4, -0.2) is 24.4 Å². The number of halogens is 1. The predicted octanol–water partition coefficient (Wildman–Crippen LogP) is 4.41. The molecule has 0 spiro atoms. The number of nitrogens with one attached hydrogen (secondary N) is 1. The predicted molar refractivity (Wildman–Crippen MR) is 105 cm³/mol. The molecule has 4 nitrogen and oxygen atoms in total. The van der Waals surface area contributed by atoms with Gasteiger partial charge in [-0.15, -0.1) is 0 Å². The fourth-order valence-corrected chi connectivity index (χ4v) is 4.30. The molecule has 1 N–H and O–H groups in total. The van der Waals surface area contributed by atoms with E-state index in [-0.39, 0.29) is 30.2 Å². The van der Waals surface area contributed by atoms with Gasteiger partial charge in [-0.3, -0.25) is 9.59 Å². The van der Waals surface area contributed by atoms with E-state index >= 15 is 0 Å².